The molecule has 0 aliphatic heterocycles. The summed E-state index contributed by atoms with van der Waals surface area (Å²) in [4.78, 5) is 22.6. The summed E-state index contributed by atoms with van der Waals surface area (Å²) in [5, 5.41) is 8.70. The first-order chi connectivity index (χ1) is 9.90. The molecule has 108 valence electrons. The largest absolute Gasteiger partial charge is 0.478 e. The fourth-order valence-corrected chi connectivity index (χ4v) is 2.36. The maximum absolute atomic E-state index is 11.9. The Kier molecular flexibility index (Phi) is 4.08. The zero-order chi connectivity index (χ0) is 15.6. The number of aromatic nitrogens is 1. The molecule has 0 fully saturated rings. The van der Waals surface area contributed by atoms with Gasteiger partial charge in [-0.05, 0) is 38.0 Å². The highest BCUT2D eigenvalue weighted by atomic mass is 16.4. The second-order valence-electron chi connectivity index (χ2n) is 5.02. The molecule has 0 bridgehead atoms. The molecular formula is C17H17NO3. The number of carboxylic acid groups (broad SMARTS) is 1. The van der Waals surface area contributed by atoms with Crippen molar-refractivity contribution in [2.45, 2.75) is 20.8 Å². The van der Waals surface area contributed by atoms with Crippen LogP contribution < -0.4 is 5.43 Å². The summed E-state index contributed by atoms with van der Waals surface area (Å²) in [7, 11) is 0. The molecule has 2 aromatic rings. The Balaban J connectivity index is 2.67. The van der Waals surface area contributed by atoms with Crippen LogP contribution in [0.2, 0.25) is 0 Å². The van der Waals surface area contributed by atoms with Gasteiger partial charge in [-0.25, -0.2) is 4.79 Å². The predicted molar refractivity (Wildman–Crippen MR) is 82.9 cm³/mol. The van der Waals surface area contributed by atoms with Crippen molar-refractivity contribution < 1.29 is 9.90 Å². The van der Waals surface area contributed by atoms with Crippen LogP contribution in [0.4, 0.5) is 0 Å². The molecule has 4 nitrogen and oxygen atoms in total. The number of rotatable bonds is 3. The monoisotopic (exact) mass is 283 g/mol. The van der Waals surface area contributed by atoms with Gasteiger partial charge in [0.2, 0.25) is 0 Å². The summed E-state index contributed by atoms with van der Waals surface area (Å²) >= 11 is 0. The van der Waals surface area contributed by atoms with Crippen LogP contribution in [0.25, 0.3) is 11.8 Å². The molecule has 21 heavy (non-hydrogen) atoms. The van der Waals surface area contributed by atoms with Gasteiger partial charge in [-0.1, -0.05) is 18.2 Å². The number of benzene rings is 1. The molecule has 0 atom stereocenters. The number of nitrogens with zero attached hydrogens (tertiary/aromatic N) is 1. The molecule has 1 N–H and O–H groups in total. The number of para-hydroxylation sites is 1. The summed E-state index contributed by atoms with van der Waals surface area (Å²) in [6.07, 6.45) is 3.99. The third-order valence-electron chi connectivity index (χ3n) is 3.36. The van der Waals surface area contributed by atoms with Crippen molar-refractivity contribution in [2.75, 3.05) is 0 Å². The Morgan fingerprint density at radius 1 is 1.19 bits per heavy atom. The molecule has 2 rings (SSSR count). The lowest BCUT2D eigenvalue weighted by Gasteiger charge is -2.16. The van der Waals surface area contributed by atoms with E-state index < -0.39 is 5.97 Å². The van der Waals surface area contributed by atoms with Gasteiger partial charge in [0, 0.05) is 29.6 Å². The van der Waals surface area contributed by atoms with Crippen LogP contribution in [0.5, 0.6) is 0 Å². The standard InChI is InChI=1S/C17H17NO3/c1-11-5-4-6-12(2)17(11)18-10-14(7-8-16(20)21)15(19)9-13(18)3/h4-10H,1-3H3,(H,20,21)/b8-7+. The van der Waals surface area contributed by atoms with Crippen LogP contribution in [-0.4, -0.2) is 15.6 Å². The molecule has 0 aliphatic carbocycles. The predicted octanol–water partition coefficient (Wildman–Crippen LogP) is 2.86. The van der Waals surface area contributed by atoms with Crippen LogP contribution in [0.15, 0.2) is 41.3 Å². The molecule has 0 unspecified atom stereocenters. The van der Waals surface area contributed by atoms with E-state index in [1.165, 1.54) is 12.1 Å². The van der Waals surface area contributed by atoms with Crippen molar-refractivity contribution in [3.8, 4) is 5.69 Å². The van der Waals surface area contributed by atoms with Gasteiger partial charge in [0.05, 0.1) is 5.69 Å². The molecule has 0 radical (unpaired) electrons. The first-order valence-electron chi connectivity index (χ1n) is 6.61. The zero-order valence-corrected chi connectivity index (χ0v) is 12.3. The van der Waals surface area contributed by atoms with E-state index in [0.29, 0.717) is 5.56 Å². The molecule has 0 saturated heterocycles. The van der Waals surface area contributed by atoms with Gasteiger partial charge in [0.15, 0.2) is 5.43 Å². The second-order valence-corrected chi connectivity index (χ2v) is 5.02. The molecule has 0 aliphatic rings. The lowest BCUT2D eigenvalue weighted by atomic mass is 10.1. The minimum atomic E-state index is -1.08. The Hall–Kier alpha value is -2.62. The van der Waals surface area contributed by atoms with E-state index in [4.69, 9.17) is 5.11 Å². The minimum absolute atomic E-state index is 0.188. The first kappa shape index (κ1) is 14.8. The molecule has 0 amide bonds. The maximum atomic E-state index is 11.9. The van der Waals surface area contributed by atoms with Crippen LogP contribution in [0.3, 0.4) is 0 Å². The quantitative estimate of drug-likeness (QED) is 0.881. The summed E-state index contributed by atoms with van der Waals surface area (Å²) in [5.74, 6) is -1.08. The Morgan fingerprint density at radius 3 is 2.38 bits per heavy atom. The average molecular weight is 283 g/mol. The maximum Gasteiger partial charge on any atom is 0.328 e. The van der Waals surface area contributed by atoms with Gasteiger partial charge >= 0.3 is 5.97 Å². The molecule has 0 saturated carbocycles. The highest BCUT2D eigenvalue weighted by Crippen LogP contribution is 2.20. The van der Waals surface area contributed by atoms with E-state index in [-0.39, 0.29) is 5.43 Å². The highest BCUT2D eigenvalue weighted by Gasteiger charge is 2.08. The van der Waals surface area contributed by atoms with Gasteiger partial charge in [-0.2, -0.15) is 0 Å². The lowest BCUT2D eigenvalue weighted by molar-refractivity contribution is -0.131. The number of aliphatic carboxylic acids is 1. The van der Waals surface area contributed by atoms with Crippen LogP contribution in [-0.2, 0) is 4.79 Å². The number of hydrogen-bond acceptors (Lipinski definition) is 2. The summed E-state index contributed by atoms with van der Waals surface area (Å²) in [6, 6.07) is 7.52. The lowest BCUT2D eigenvalue weighted by Crippen LogP contribution is -2.13. The fourth-order valence-electron chi connectivity index (χ4n) is 2.36. The Bertz CT molecular complexity index is 765. The van der Waals surface area contributed by atoms with Crippen molar-refractivity contribution >= 4 is 12.0 Å². The molecule has 4 heteroatoms. The average Bonchev–Trinajstić information content (AvgIpc) is 2.39. The van der Waals surface area contributed by atoms with E-state index in [0.717, 1.165) is 28.6 Å². The van der Waals surface area contributed by atoms with E-state index in [9.17, 15) is 9.59 Å². The van der Waals surface area contributed by atoms with Crippen molar-refractivity contribution in [1.29, 1.82) is 0 Å². The number of carbonyl (C=O) groups is 1. The van der Waals surface area contributed by atoms with Crippen LogP contribution in [0, 0.1) is 20.8 Å². The van der Waals surface area contributed by atoms with E-state index in [1.54, 1.807) is 6.20 Å². The van der Waals surface area contributed by atoms with Crippen LogP contribution >= 0.6 is 0 Å². The van der Waals surface area contributed by atoms with Gasteiger partial charge in [0.25, 0.3) is 0 Å². The highest BCUT2D eigenvalue weighted by molar-refractivity contribution is 5.85. The molecule has 1 heterocycles. The van der Waals surface area contributed by atoms with E-state index >= 15 is 0 Å². The molecule has 0 spiro atoms. The Morgan fingerprint density at radius 2 is 1.81 bits per heavy atom. The number of hydrogen-bond donors (Lipinski definition) is 1. The Labute approximate surface area is 123 Å². The SMILES string of the molecule is Cc1cccc(C)c1-n1cc(/C=C/C(=O)O)c(=O)cc1C. The number of aryl methyl sites for hydroxylation is 3. The first-order valence-corrected chi connectivity index (χ1v) is 6.61. The molecular weight excluding hydrogens is 266 g/mol. The van der Waals surface area contributed by atoms with Crippen molar-refractivity contribution in [1.82, 2.24) is 4.57 Å². The van der Waals surface area contributed by atoms with Crippen molar-refractivity contribution in [3.63, 3.8) is 0 Å². The summed E-state index contributed by atoms with van der Waals surface area (Å²) < 4.78 is 1.92. The van der Waals surface area contributed by atoms with Crippen molar-refractivity contribution in [2.24, 2.45) is 0 Å². The van der Waals surface area contributed by atoms with Crippen LogP contribution in [0.1, 0.15) is 22.4 Å². The van der Waals surface area contributed by atoms with Gasteiger partial charge in [0.1, 0.15) is 0 Å². The minimum Gasteiger partial charge on any atom is -0.478 e. The third-order valence-corrected chi connectivity index (χ3v) is 3.36. The van der Waals surface area contributed by atoms with Gasteiger partial charge in [-0.15, -0.1) is 0 Å². The molecule has 1 aromatic carbocycles. The summed E-state index contributed by atoms with van der Waals surface area (Å²) in [5.41, 5.74) is 4.17. The van der Waals surface area contributed by atoms with E-state index in [1.807, 2.05) is 43.5 Å². The summed E-state index contributed by atoms with van der Waals surface area (Å²) in [6.45, 7) is 5.87. The number of pyridine rings is 1. The van der Waals surface area contributed by atoms with Gasteiger partial charge < -0.3 is 9.67 Å². The smallest absolute Gasteiger partial charge is 0.328 e. The van der Waals surface area contributed by atoms with E-state index in [2.05, 4.69) is 0 Å². The normalized spacial score (nSPS) is 11.0. The van der Waals surface area contributed by atoms with Crippen molar-refractivity contribution in [3.05, 3.63) is 69.1 Å². The molecule has 1 aromatic heterocycles. The third kappa shape index (κ3) is 3.11. The zero-order valence-electron chi connectivity index (χ0n) is 12.3. The second kappa shape index (κ2) is 5.79. The number of carboxylic acids is 1. The van der Waals surface area contributed by atoms with Gasteiger partial charge in [-0.3, -0.25) is 4.79 Å². The topological polar surface area (TPSA) is 59.3 Å². The fraction of sp³-hybridized carbons (Fsp3) is 0.176.